The number of fused-ring (bicyclic) bond motifs is 1. The van der Waals surface area contributed by atoms with Gasteiger partial charge in [-0.15, -0.1) is 0 Å². The number of ether oxygens (including phenoxy) is 4. The van der Waals surface area contributed by atoms with Crippen LogP contribution >= 0.6 is 0 Å². The zero-order valence-corrected chi connectivity index (χ0v) is 15.9. The average molecular weight is 432 g/mol. The summed E-state index contributed by atoms with van der Waals surface area (Å²) in [5, 5.41) is 58.5. The second kappa shape index (κ2) is 8.98. The molecule has 30 heavy (non-hydrogen) atoms. The van der Waals surface area contributed by atoms with E-state index in [9.17, 15) is 40.2 Å². The molecule has 1 saturated heterocycles. The van der Waals surface area contributed by atoms with Gasteiger partial charge in [0.2, 0.25) is 6.29 Å². The van der Waals surface area contributed by atoms with E-state index in [2.05, 4.69) is 0 Å². The summed E-state index contributed by atoms with van der Waals surface area (Å²) >= 11 is 0. The van der Waals surface area contributed by atoms with Crippen molar-refractivity contribution in [1.82, 2.24) is 0 Å². The van der Waals surface area contributed by atoms with Crippen LogP contribution in [0.5, 0.6) is 0 Å². The number of carbonyl (C=O) groups is 2. The zero-order valence-electron chi connectivity index (χ0n) is 15.9. The second-order valence-electron chi connectivity index (χ2n) is 7.24. The first-order valence-corrected chi connectivity index (χ1v) is 9.23. The van der Waals surface area contributed by atoms with Crippen molar-refractivity contribution in [3.8, 4) is 0 Å². The smallest absolute Gasteiger partial charge is 0.335 e. The van der Waals surface area contributed by atoms with Gasteiger partial charge in [-0.2, -0.15) is 0 Å². The Morgan fingerprint density at radius 3 is 2.33 bits per heavy atom. The first-order valence-electron chi connectivity index (χ1n) is 9.23. The molecule has 6 N–H and O–H groups in total. The minimum atomic E-state index is -1.71. The number of aliphatic hydroxyl groups is 5. The predicted octanol–water partition coefficient (Wildman–Crippen LogP) is -2.78. The monoisotopic (exact) mass is 432 g/mol. The van der Waals surface area contributed by atoms with E-state index in [-0.39, 0.29) is 11.1 Å². The fraction of sp³-hybridized carbons (Fsp3) is 0.667. The third-order valence-corrected chi connectivity index (χ3v) is 5.38. The molecule has 0 bridgehead atoms. The Balaban J connectivity index is 1.88. The Labute approximate surface area is 170 Å². The summed E-state index contributed by atoms with van der Waals surface area (Å²) < 4.78 is 21.5. The minimum Gasteiger partial charge on any atom is -0.478 e. The van der Waals surface area contributed by atoms with Gasteiger partial charge in [-0.05, 0) is 11.6 Å². The number of hydrogen-bond donors (Lipinski definition) is 6. The lowest BCUT2D eigenvalue weighted by Gasteiger charge is -2.43. The maximum Gasteiger partial charge on any atom is 0.335 e. The number of carboxylic acid groups (broad SMARTS) is 1. The Kier molecular flexibility index (Phi) is 6.77. The van der Waals surface area contributed by atoms with Crippen LogP contribution in [-0.2, 0) is 28.5 Å². The lowest BCUT2D eigenvalue weighted by molar-refractivity contribution is -0.340. The van der Waals surface area contributed by atoms with Crippen LogP contribution in [-0.4, -0.2) is 98.9 Å². The van der Waals surface area contributed by atoms with Gasteiger partial charge >= 0.3 is 11.9 Å². The standard InChI is InChI=1S/C18H24O12/c1-6(21)28-9-2-7(3-19)11-12(9)8(16(25)26)5-27-17(11)30-18-15(24)14(23)13(22)10(4-20)29-18/h2,5,9-15,17-20,22-24H,3-4H2,1H3,(H,25,26)/t9-,10-,11-,12+,13-,14-,15-,17+,18+/m1/s1. The number of carbonyl (C=O) groups excluding carboxylic acids is 1. The topological polar surface area (TPSA) is 192 Å². The summed E-state index contributed by atoms with van der Waals surface area (Å²) in [6, 6.07) is 0. The van der Waals surface area contributed by atoms with Gasteiger partial charge in [-0.1, -0.05) is 0 Å². The van der Waals surface area contributed by atoms with Gasteiger partial charge < -0.3 is 49.6 Å². The summed E-state index contributed by atoms with van der Waals surface area (Å²) in [6.07, 6.45) is -7.70. The first-order chi connectivity index (χ1) is 14.2. The Morgan fingerprint density at radius 1 is 1.07 bits per heavy atom. The molecule has 0 radical (unpaired) electrons. The highest BCUT2D eigenvalue weighted by molar-refractivity contribution is 5.87. The Bertz CT molecular complexity index is 731. The van der Waals surface area contributed by atoms with E-state index in [1.807, 2.05) is 0 Å². The molecule has 1 fully saturated rings. The van der Waals surface area contributed by atoms with Crippen molar-refractivity contribution < 1.29 is 59.2 Å². The van der Waals surface area contributed by atoms with Crippen molar-refractivity contribution in [3.63, 3.8) is 0 Å². The molecule has 1 aliphatic carbocycles. The molecule has 9 atom stereocenters. The van der Waals surface area contributed by atoms with Crippen LogP contribution < -0.4 is 0 Å². The van der Waals surface area contributed by atoms with Crippen molar-refractivity contribution in [2.24, 2.45) is 11.8 Å². The summed E-state index contributed by atoms with van der Waals surface area (Å²) in [5.41, 5.74) is 0.0762. The van der Waals surface area contributed by atoms with Crippen LogP contribution in [0.3, 0.4) is 0 Å². The van der Waals surface area contributed by atoms with Crippen LogP contribution in [0.4, 0.5) is 0 Å². The molecule has 168 valence electrons. The molecule has 2 aliphatic heterocycles. The van der Waals surface area contributed by atoms with Crippen molar-refractivity contribution in [1.29, 1.82) is 0 Å². The van der Waals surface area contributed by atoms with Crippen molar-refractivity contribution in [2.45, 2.75) is 50.0 Å². The second-order valence-corrected chi connectivity index (χ2v) is 7.24. The molecular formula is C18H24O12. The molecule has 0 saturated carbocycles. The molecule has 3 aliphatic rings. The normalized spacial score (nSPS) is 40.7. The molecule has 0 aromatic rings. The maximum atomic E-state index is 11.7. The van der Waals surface area contributed by atoms with Gasteiger partial charge in [0.1, 0.15) is 30.5 Å². The minimum absolute atomic E-state index is 0.209. The molecule has 12 nitrogen and oxygen atoms in total. The van der Waals surface area contributed by atoms with Gasteiger partial charge in [-0.25, -0.2) is 4.79 Å². The van der Waals surface area contributed by atoms with Crippen LogP contribution in [0.2, 0.25) is 0 Å². The summed E-state index contributed by atoms with van der Waals surface area (Å²) in [6.45, 7) is -0.0172. The van der Waals surface area contributed by atoms with Crippen molar-refractivity contribution >= 4 is 11.9 Å². The van der Waals surface area contributed by atoms with Crippen molar-refractivity contribution in [2.75, 3.05) is 13.2 Å². The average Bonchev–Trinajstić information content (AvgIpc) is 3.06. The summed E-state index contributed by atoms with van der Waals surface area (Å²) in [4.78, 5) is 23.1. The van der Waals surface area contributed by atoms with Gasteiger partial charge in [0.05, 0.1) is 31.0 Å². The van der Waals surface area contributed by atoms with Crippen LogP contribution in [0.15, 0.2) is 23.5 Å². The quantitative estimate of drug-likeness (QED) is 0.187. The van der Waals surface area contributed by atoms with Crippen LogP contribution in [0, 0.1) is 11.8 Å². The molecule has 0 amide bonds. The highest BCUT2D eigenvalue weighted by atomic mass is 16.8. The van der Waals surface area contributed by atoms with E-state index in [1.165, 1.54) is 6.08 Å². The Morgan fingerprint density at radius 2 is 1.77 bits per heavy atom. The van der Waals surface area contributed by atoms with E-state index in [0.717, 1.165) is 13.2 Å². The third-order valence-electron chi connectivity index (χ3n) is 5.38. The SMILES string of the molecule is CC(=O)O[C@@H]1C=C(CO)[C@H]2[C@H](O[C@@H]3O[C@H](CO)[C@@H](O)[C@@H](O)[C@H]3O)OC=C(C(=O)O)[C@H]21. The molecule has 0 aromatic heterocycles. The van der Waals surface area contributed by atoms with E-state index in [4.69, 9.17) is 18.9 Å². The lowest BCUT2D eigenvalue weighted by Crippen LogP contribution is -2.60. The Hall–Kier alpha value is -2.06. The summed E-state index contributed by atoms with van der Waals surface area (Å²) in [5.74, 6) is -3.84. The number of esters is 1. The maximum absolute atomic E-state index is 11.7. The van der Waals surface area contributed by atoms with E-state index in [0.29, 0.717) is 0 Å². The molecular weight excluding hydrogens is 408 g/mol. The fourth-order valence-electron chi connectivity index (χ4n) is 3.96. The molecule has 0 aromatic carbocycles. The number of aliphatic hydroxyl groups excluding tert-OH is 5. The zero-order chi connectivity index (χ0) is 22.2. The van der Waals surface area contributed by atoms with E-state index in [1.54, 1.807) is 0 Å². The van der Waals surface area contributed by atoms with Crippen LogP contribution in [0.25, 0.3) is 0 Å². The summed E-state index contributed by atoms with van der Waals surface area (Å²) in [7, 11) is 0. The van der Waals surface area contributed by atoms with Crippen LogP contribution in [0.1, 0.15) is 6.92 Å². The van der Waals surface area contributed by atoms with Crippen molar-refractivity contribution in [3.05, 3.63) is 23.5 Å². The van der Waals surface area contributed by atoms with Gasteiger partial charge in [0.15, 0.2) is 6.29 Å². The fourth-order valence-corrected chi connectivity index (χ4v) is 3.96. The predicted molar refractivity (Wildman–Crippen MR) is 93.1 cm³/mol. The number of rotatable bonds is 6. The van der Waals surface area contributed by atoms with E-state index >= 15 is 0 Å². The molecule has 0 unspecified atom stereocenters. The first kappa shape index (κ1) is 22.6. The van der Waals surface area contributed by atoms with Gasteiger partial charge in [0.25, 0.3) is 0 Å². The number of aliphatic carboxylic acids is 1. The van der Waals surface area contributed by atoms with E-state index < -0.39 is 80.1 Å². The molecule has 12 heteroatoms. The highest BCUT2D eigenvalue weighted by Gasteiger charge is 2.53. The molecule has 3 rings (SSSR count). The lowest BCUT2D eigenvalue weighted by atomic mass is 9.82. The highest BCUT2D eigenvalue weighted by Crippen LogP contribution is 2.45. The largest absolute Gasteiger partial charge is 0.478 e. The molecule has 2 heterocycles. The third kappa shape index (κ3) is 4.07. The molecule has 0 spiro atoms. The number of carboxylic acids is 1. The number of hydrogen-bond acceptors (Lipinski definition) is 11. The van der Waals surface area contributed by atoms with Gasteiger partial charge in [-0.3, -0.25) is 4.79 Å². The van der Waals surface area contributed by atoms with Gasteiger partial charge in [0, 0.05) is 12.8 Å².